The van der Waals surface area contributed by atoms with Crippen LogP contribution < -0.4 is 4.72 Å². The highest BCUT2D eigenvalue weighted by molar-refractivity contribution is 9.10. The van der Waals surface area contributed by atoms with Gasteiger partial charge in [0, 0.05) is 9.50 Å². The van der Waals surface area contributed by atoms with Gasteiger partial charge in [0.25, 0.3) is 10.0 Å². The Morgan fingerprint density at radius 1 is 1.30 bits per heavy atom. The lowest BCUT2D eigenvalue weighted by molar-refractivity contribution is 0.601. The summed E-state index contributed by atoms with van der Waals surface area (Å²) in [6.45, 7) is 0. The molecule has 102 valence electrons. The number of halogens is 2. The van der Waals surface area contributed by atoms with Crippen LogP contribution in [-0.2, 0) is 10.0 Å². The van der Waals surface area contributed by atoms with Gasteiger partial charge in [0.05, 0.1) is 4.90 Å². The number of aromatic nitrogens is 1. The van der Waals surface area contributed by atoms with E-state index in [9.17, 15) is 8.42 Å². The fraction of sp³-hybridized carbons (Fsp3) is 0. The second-order valence-corrected chi connectivity index (χ2v) is 6.77. The summed E-state index contributed by atoms with van der Waals surface area (Å²) in [4.78, 5) is 3.85. The van der Waals surface area contributed by atoms with E-state index in [4.69, 9.17) is 16.9 Å². The minimum absolute atomic E-state index is 0.000959. The SMILES string of the molecule is N#Cc1cccc(NS(=O)(=O)c2cc(Cl)cc(Br)c2)n1. The van der Waals surface area contributed by atoms with Crippen molar-refractivity contribution in [2.45, 2.75) is 4.90 Å². The normalized spacial score (nSPS) is 10.8. The van der Waals surface area contributed by atoms with Gasteiger partial charge in [-0.05, 0) is 30.3 Å². The molecule has 0 aliphatic rings. The maximum absolute atomic E-state index is 12.2. The van der Waals surface area contributed by atoms with E-state index in [1.54, 1.807) is 6.07 Å². The van der Waals surface area contributed by atoms with Crippen molar-refractivity contribution in [2.24, 2.45) is 0 Å². The van der Waals surface area contributed by atoms with E-state index in [1.165, 1.54) is 30.3 Å². The van der Waals surface area contributed by atoms with E-state index in [1.807, 2.05) is 6.07 Å². The summed E-state index contributed by atoms with van der Waals surface area (Å²) in [5, 5.41) is 9.03. The molecule has 0 unspecified atom stereocenters. The van der Waals surface area contributed by atoms with E-state index in [0.29, 0.717) is 9.50 Å². The van der Waals surface area contributed by atoms with E-state index in [0.717, 1.165) is 0 Å². The van der Waals surface area contributed by atoms with Crippen molar-refractivity contribution < 1.29 is 8.42 Å². The summed E-state index contributed by atoms with van der Waals surface area (Å²) in [6, 6.07) is 10.6. The van der Waals surface area contributed by atoms with Gasteiger partial charge in [-0.2, -0.15) is 5.26 Å². The molecule has 0 atom stereocenters. The predicted molar refractivity (Wildman–Crippen MR) is 78.9 cm³/mol. The number of benzene rings is 1. The Kier molecular flexibility index (Phi) is 4.28. The second-order valence-electron chi connectivity index (χ2n) is 3.73. The molecule has 0 spiro atoms. The van der Waals surface area contributed by atoms with E-state index < -0.39 is 10.0 Å². The van der Waals surface area contributed by atoms with E-state index in [-0.39, 0.29) is 16.4 Å². The molecule has 0 radical (unpaired) electrons. The molecule has 1 aromatic heterocycles. The standard InChI is InChI=1S/C12H7BrClN3O2S/c13-8-4-9(14)6-11(5-8)20(18,19)17-12-3-1-2-10(7-15)16-12/h1-6H,(H,16,17). The topological polar surface area (TPSA) is 82.9 Å². The lowest BCUT2D eigenvalue weighted by Gasteiger charge is -2.08. The smallest absolute Gasteiger partial charge is 0.263 e. The third-order valence-corrected chi connectivity index (χ3v) is 4.26. The lowest BCUT2D eigenvalue weighted by Crippen LogP contribution is -2.14. The van der Waals surface area contributed by atoms with Crippen molar-refractivity contribution in [3.05, 3.63) is 51.6 Å². The zero-order chi connectivity index (χ0) is 14.8. The molecule has 0 amide bonds. The zero-order valence-corrected chi connectivity index (χ0v) is 13.0. The first-order valence-corrected chi connectivity index (χ1v) is 7.92. The van der Waals surface area contributed by atoms with Gasteiger partial charge in [0.15, 0.2) is 0 Å². The summed E-state index contributed by atoms with van der Waals surface area (Å²) in [5.74, 6) is 0.0696. The monoisotopic (exact) mass is 371 g/mol. The van der Waals surface area contributed by atoms with Crippen LogP contribution >= 0.6 is 27.5 Å². The molecule has 0 bridgehead atoms. The Morgan fingerprint density at radius 3 is 2.70 bits per heavy atom. The highest BCUT2D eigenvalue weighted by atomic mass is 79.9. The Balaban J connectivity index is 2.38. The van der Waals surface area contributed by atoms with Crippen LogP contribution in [0.3, 0.4) is 0 Å². The molecule has 5 nitrogen and oxygen atoms in total. The van der Waals surface area contributed by atoms with Gasteiger partial charge in [-0.15, -0.1) is 0 Å². The van der Waals surface area contributed by atoms with Crippen molar-refractivity contribution in [3.63, 3.8) is 0 Å². The van der Waals surface area contributed by atoms with E-state index >= 15 is 0 Å². The first-order chi connectivity index (χ1) is 9.40. The van der Waals surface area contributed by atoms with Crippen LogP contribution in [0.1, 0.15) is 5.69 Å². The molecule has 1 N–H and O–H groups in total. The van der Waals surface area contributed by atoms with Crippen molar-refractivity contribution >= 4 is 43.4 Å². The number of nitriles is 1. The Labute approximate surface area is 129 Å². The van der Waals surface area contributed by atoms with Crippen LogP contribution in [0.15, 0.2) is 45.8 Å². The molecule has 2 rings (SSSR count). The number of hydrogen-bond donors (Lipinski definition) is 1. The Hall–Kier alpha value is -1.62. The maximum Gasteiger partial charge on any atom is 0.263 e. The summed E-state index contributed by atoms with van der Waals surface area (Å²) in [7, 11) is -3.82. The highest BCUT2D eigenvalue weighted by Gasteiger charge is 2.16. The summed E-state index contributed by atoms with van der Waals surface area (Å²) in [5.41, 5.74) is 0.123. The molecule has 0 fully saturated rings. The quantitative estimate of drug-likeness (QED) is 0.897. The molecule has 8 heteroatoms. The van der Waals surface area contributed by atoms with Crippen molar-refractivity contribution in [3.8, 4) is 6.07 Å². The summed E-state index contributed by atoms with van der Waals surface area (Å²) >= 11 is 9.00. The van der Waals surface area contributed by atoms with Crippen LogP contribution in [0.5, 0.6) is 0 Å². The van der Waals surface area contributed by atoms with Crippen LogP contribution in [0, 0.1) is 11.3 Å². The van der Waals surface area contributed by atoms with Gasteiger partial charge in [-0.25, -0.2) is 13.4 Å². The maximum atomic E-state index is 12.2. The van der Waals surface area contributed by atoms with Crippen molar-refractivity contribution in [1.82, 2.24) is 4.98 Å². The molecule has 0 saturated carbocycles. The largest absolute Gasteiger partial charge is 0.263 e. The number of anilines is 1. The molecule has 1 aromatic carbocycles. The molecule has 0 saturated heterocycles. The lowest BCUT2D eigenvalue weighted by atomic mass is 10.4. The first-order valence-electron chi connectivity index (χ1n) is 5.27. The summed E-state index contributed by atoms with van der Waals surface area (Å²) in [6.07, 6.45) is 0. The molecule has 2 aromatic rings. The molecular weight excluding hydrogens is 366 g/mol. The van der Waals surface area contributed by atoms with Gasteiger partial charge in [-0.3, -0.25) is 4.72 Å². The number of sulfonamides is 1. The van der Waals surface area contributed by atoms with Gasteiger partial charge in [0.2, 0.25) is 0 Å². The Bertz CT molecular complexity index is 782. The third kappa shape index (κ3) is 3.48. The van der Waals surface area contributed by atoms with Gasteiger partial charge in [-0.1, -0.05) is 33.6 Å². The molecular formula is C12H7BrClN3O2S. The second kappa shape index (κ2) is 5.79. The average molecular weight is 373 g/mol. The fourth-order valence-corrected chi connectivity index (χ4v) is 3.58. The molecule has 20 heavy (non-hydrogen) atoms. The number of nitrogens with one attached hydrogen (secondary N) is 1. The molecule has 1 heterocycles. The Morgan fingerprint density at radius 2 is 2.05 bits per heavy atom. The number of rotatable bonds is 3. The first kappa shape index (κ1) is 14.8. The van der Waals surface area contributed by atoms with Gasteiger partial charge in [0.1, 0.15) is 17.6 Å². The van der Waals surface area contributed by atoms with Crippen molar-refractivity contribution in [1.29, 1.82) is 5.26 Å². The van der Waals surface area contributed by atoms with Crippen molar-refractivity contribution in [2.75, 3.05) is 4.72 Å². The number of pyridine rings is 1. The third-order valence-electron chi connectivity index (χ3n) is 2.25. The number of nitrogens with zero attached hydrogens (tertiary/aromatic N) is 2. The van der Waals surface area contributed by atoms with Gasteiger partial charge >= 0.3 is 0 Å². The van der Waals surface area contributed by atoms with E-state index in [2.05, 4.69) is 25.6 Å². The summed E-state index contributed by atoms with van der Waals surface area (Å²) < 4.78 is 27.2. The minimum atomic E-state index is -3.82. The fourth-order valence-electron chi connectivity index (χ4n) is 1.43. The van der Waals surface area contributed by atoms with Crippen LogP contribution in [0.25, 0.3) is 0 Å². The predicted octanol–water partition coefficient (Wildman–Crippen LogP) is 3.17. The van der Waals surface area contributed by atoms with Crippen LogP contribution in [-0.4, -0.2) is 13.4 Å². The molecule has 0 aliphatic heterocycles. The highest BCUT2D eigenvalue weighted by Crippen LogP contribution is 2.24. The van der Waals surface area contributed by atoms with Crippen LogP contribution in [0.4, 0.5) is 5.82 Å². The van der Waals surface area contributed by atoms with Gasteiger partial charge < -0.3 is 0 Å². The average Bonchev–Trinajstić information content (AvgIpc) is 2.37. The number of hydrogen-bond acceptors (Lipinski definition) is 4. The van der Waals surface area contributed by atoms with Crippen LogP contribution in [0.2, 0.25) is 5.02 Å². The minimum Gasteiger partial charge on any atom is -0.263 e. The zero-order valence-electron chi connectivity index (χ0n) is 9.84. The molecule has 0 aliphatic carbocycles.